The molecule has 1 atom stereocenters. The number of nitrogens with one attached hydrogen (secondary N) is 1. The molecule has 1 aliphatic heterocycles. The maximum absolute atomic E-state index is 15.1. The lowest BCUT2D eigenvalue weighted by Crippen LogP contribution is -2.51. The van der Waals surface area contributed by atoms with Crippen LogP contribution in [0.5, 0.6) is 0 Å². The molecule has 1 N–H and O–H groups in total. The minimum absolute atomic E-state index is 0.0378. The summed E-state index contributed by atoms with van der Waals surface area (Å²) in [6.07, 6.45) is 5.62. The van der Waals surface area contributed by atoms with Gasteiger partial charge in [-0.25, -0.2) is 0 Å². The van der Waals surface area contributed by atoms with Gasteiger partial charge in [-0.1, -0.05) is 179 Å². The molecule has 0 unspecified atom stereocenters. The first kappa shape index (κ1) is 47.3. The van der Waals surface area contributed by atoms with Gasteiger partial charge in [0.1, 0.15) is 11.4 Å². The smallest absolute Gasteiger partial charge is 0.275 e. The third kappa shape index (κ3) is 9.91. The van der Waals surface area contributed by atoms with Crippen LogP contribution < -0.4 is 5.32 Å². The number of aliphatic imine (C=N–C) groups is 1. The van der Waals surface area contributed by atoms with Crippen LogP contribution in [-0.2, 0) is 21.2 Å². The Hall–Kier alpha value is -5.20. The monoisotopic (exact) mass is 1010 g/mol. The zero-order valence-corrected chi connectivity index (χ0v) is 41.9. The molecular weight excluding hydrogens is 953 g/mol. The van der Waals surface area contributed by atoms with Gasteiger partial charge in [-0.3, -0.25) is 14.6 Å². The van der Waals surface area contributed by atoms with Crippen LogP contribution in [0, 0.1) is 16.7 Å². The van der Waals surface area contributed by atoms with E-state index in [-0.39, 0.29) is 28.7 Å². The molecule has 1 fully saturated rings. The number of aromatic nitrogens is 4. The lowest BCUT2D eigenvalue weighted by molar-refractivity contribution is -0.134. The second-order valence-corrected chi connectivity index (χ2v) is 21.5. The summed E-state index contributed by atoms with van der Waals surface area (Å²) in [6.45, 7) is 14.0. The van der Waals surface area contributed by atoms with Gasteiger partial charge < -0.3 is 10.2 Å². The molecule has 0 bridgehead atoms. The number of rotatable bonds is 14. The Morgan fingerprint density at radius 1 is 0.818 bits per heavy atom. The second-order valence-electron chi connectivity index (χ2n) is 20.3. The van der Waals surface area contributed by atoms with Gasteiger partial charge >= 0.3 is 0 Å². The number of hydrogen-bond donors (Lipinski definition) is 1. The summed E-state index contributed by atoms with van der Waals surface area (Å²) in [5.41, 5.74) is 5.53. The molecule has 8 rings (SSSR count). The van der Waals surface area contributed by atoms with Crippen LogP contribution in [0.2, 0.25) is 5.02 Å². The molecule has 0 radical (unpaired) electrons. The zero-order chi connectivity index (χ0) is 46.7. The molecule has 2 amide bonds. The van der Waals surface area contributed by atoms with Gasteiger partial charge in [0.15, 0.2) is 11.4 Å². The molecule has 1 saturated carbocycles. The van der Waals surface area contributed by atoms with Crippen LogP contribution in [0.3, 0.4) is 0 Å². The first-order valence-corrected chi connectivity index (χ1v) is 25.2. The molecule has 9 nitrogen and oxygen atoms in total. The normalized spacial score (nSPS) is 18.4. The average molecular weight is 1010 g/mol. The van der Waals surface area contributed by atoms with Crippen molar-refractivity contribution in [2.45, 2.75) is 108 Å². The van der Waals surface area contributed by atoms with Crippen molar-refractivity contribution in [2.24, 2.45) is 21.7 Å². The molecule has 5 aromatic carbocycles. The van der Waals surface area contributed by atoms with Crippen LogP contribution in [-0.4, -0.2) is 54.8 Å². The maximum Gasteiger partial charge on any atom is 0.275 e. The average Bonchev–Trinajstić information content (AvgIpc) is 3.89. The van der Waals surface area contributed by atoms with E-state index in [1.807, 2.05) is 91.0 Å². The third-order valence-electron chi connectivity index (χ3n) is 13.6. The van der Waals surface area contributed by atoms with Crippen LogP contribution in [0.4, 0.5) is 0 Å². The van der Waals surface area contributed by atoms with Gasteiger partial charge in [-0.05, 0) is 119 Å². The van der Waals surface area contributed by atoms with Crippen LogP contribution in [0.1, 0.15) is 136 Å². The molecule has 6 aromatic rings. The van der Waals surface area contributed by atoms with Crippen molar-refractivity contribution >= 4 is 51.7 Å². The Morgan fingerprint density at radius 2 is 1.39 bits per heavy atom. The molecular formula is C55H61ClIN7O2. The summed E-state index contributed by atoms with van der Waals surface area (Å²) in [6, 6.07) is 44.2. The number of halogens is 2. The first-order valence-electron chi connectivity index (χ1n) is 23.2. The summed E-state index contributed by atoms with van der Waals surface area (Å²) >= 11 is 8.99. The number of carbonyl (C=O) groups is 2. The van der Waals surface area contributed by atoms with Crippen molar-refractivity contribution < 1.29 is 9.59 Å². The topological polar surface area (TPSA) is 105 Å². The van der Waals surface area contributed by atoms with Crippen molar-refractivity contribution in [3.8, 4) is 0 Å². The van der Waals surface area contributed by atoms with Crippen molar-refractivity contribution in [1.29, 1.82) is 0 Å². The molecule has 11 heteroatoms. The van der Waals surface area contributed by atoms with E-state index in [0.29, 0.717) is 41.0 Å². The van der Waals surface area contributed by atoms with Gasteiger partial charge in [0, 0.05) is 33.5 Å². The predicted octanol–water partition coefficient (Wildman–Crippen LogP) is 12.2. The molecule has 1 aromatic heterocycles. The SMILES string of the molecule is CC(C)(C)CC[C@H](c1ccc(C(=O)NCCc2nnn(C(c3ccccc3)(c3ccccc3)c3ccccc3)n2)cc1)N1C(=O)C(c2cc(Cl)cc(CI)c2)=NC12CCC(C(C)(C)C)CC2. The fourth-order valence-electron chi connectivity index (χ4n) is 10.0. The number of tetrazole rings is 1. The van der Waals surface area contributed by atoms with Crippen molar-refractivity contribution in [2.75, 3.05) is 6.54 Å². The molecule has 0 saturated heterocycles. The number of benzene rings is 5. The van der Waals surface area contributed by atoms with Gasteiger partial charge in [-0.2, -0.15) is 0 Å². The van der Waals surface area contributed by atoms with E-state index in [4.69, 9.17) is 21.7 Å². The standard InChI is InChI=1S/C55H61ClIN7O2/c1-52(2,3)30-28-47(63-51(66)49(41-34-38(37-57)35-46(56)36-41)59-54(63)31-26-42(27-32-54)53(4,5)6)39-22-24-40(25-23-39)50(65)58-33-29-48-60-62-64(61-48)55(43-16-10-7-11-17-43,44-18-12-8-13-19-44)45-20-14-9-15-21-45/h7-25,34-36,42,47H,26-33,37H2,1-6H3,(H,58,65)/t42?,47-,54?/m1/s1. The van der Waals surface area contributed by atoms with Gasteiger partial charge in [-0.15, -0.1) is 15.0 Å². The van der Waals surface area contributed by atoms with Crippen LogP contribution in [0.15, 0.2) is 138 Å². The fraction of sp³-hybridized carbons (Fsp3) is 0.382. The largest absolute Gasteiger partial charge is 0.352 e. The zero-order valence-electron chi connectivity index (χ0n) is 39.0. The molecule has 66 heavy (non-hydrogen) atoms. The fourth-order valence-corrected chi connectivity index (χ4v) is 10.7. The molecule has 1 aliphatic carbocycles. The Kier molecular flexibility index (Phi) is 14.0. The number of alkyl halides is 1. The van der Waals surface area contributed by atoms with Gasteiger partial charge in [0.25, 0.3) is 11.8 Å². The van der Waals surface area contributed by atoms with Gasteiger partial charge in [0.05, 0.1) is 6.04 Å². The van der Waals surface area contributed by atoms with E-state index in [1.165, 1.54) is 0 Å². The Labute approximate surface area is 409 Å². The summed E-state index contributed by atoms with van der Waals surface area (Å²) in [4.78, 5) is 38.1. The highest BCUT2D eigenvalue weighted by Gasteiger charge is 2.53. The summed E-state index contributed by atoms with van der Waals surface area (Å²) < 4.78 is 0.778. The Bertz CT molecular complexity index is 2550. The predicted molar refractivity (Wildman–Crippen MR) is 273 cm³/mol. The van der Waals surface area contributed by atoms with E-state index < -0.39 is 11.2 Å². The first-order chi connectivity index (χ1) is 31.6. The van der Waals surface area contributed by atoms with E-state index >= 15 is 4.79 Å². The lowest BCUT2D eigenvalue weighted by atomic mass is 9.69. The summed E-state index contributed by atoms with van der Waals surface area (Å²) in [7, 11) is 0. The minimum atomic E-state index is -0.878. The number of nitrogens with zero attached hydrogens (tertiary/aromatic N) is 6. The molecule has 342 valence electrons. The number of amides is 2. The van der Waals surface area contributed by atoms with Crippen LogP contribution in [0.25, 0.3) is 0 Å². The second kappa shape index (κ2) is 19.6. The minimum Gasteiger partial charge on any atom is -0.352 e. The van der Waals surface area contributed by atoms with E-state index in [2.05, 4.69) is 127 Å². The number of hydrogen-bond acceptors (Lipinski definition) is 6. The maximum atomic E-state index is 15.1. The molecule has 1 spiro atoms. The quantitative estimate of drug-likeness (QED) is 0.0665. The van der Waals surface area contributed by atoms with E-state index in [0.717, 1.165) is 76.3 Å². The van der Waals surface area contributed by atoms with Gasteiger partial charge in [0.2, 0.25) is 0 Å². The van der Waals surface area contributed by atoms with E-state index in [9.17, 15) is 4.79 Å². The summed E-state index contributed by atoms with van der Waals surface area (Å²) in [5, 5.41) is 17.9. The highest BCUT2D eigenvalue weighted by molar-refractivity contribution is 14.1. The molecule has 2 aliphatic rings. The van der Waals surface area contributed by atoms with E-state index in [1.54, 1.807) is 4.80 Å². The Balaban J connectivity index is 1.04. The van der Waals surface area contributed by atoms with Crippen molar-refractivity contribution in [3.05, 3.63) is 183 Å². The Morgan fingerprint density at radius 3 is 1.92 bits per heavy atom. The third-order valence-corrected chi connectivity index (χ3v) is 14.7. The lowest BCUT2D eigenvalue weighted by Gasteiger charge is -2.47. The van der Waals surface area contributed by atoms with Crippen molar-refractivity contribution in [3.63, 3.8) is 0 Å². The molecule has 2 heterocycles. The summed E-state index contributed by atoms with van der Waals surface area (Å²) in [5.74, 6) is 0.811. The van der Waals surface area contributed by atoms with Crippen molar-refractivity contribution in [1.82, 2.24) is 30.4 Å². The highest BCUT2D eigenvalue weighted by atomic mass is 127. The van der Waals surface area contributed by atoms with Crippen LogP contribution >= 0.6 is 34.2 Å². The highest BCUT2D eigenvalue weighted by Crippen LogP contribution is 2.50. The number of carbonyl (C=O) groups excluding carboxylic acids is 2.